The molecule has 3 nitrogen and oxygen atoms in total. The van der Waals surface area contributed by atoms with Gasteiger partial charge < -0.3 is 10.5 Å². The third-order valence-electron chi connectivity index (χ3n) is 2.47. The fraction of sp³-hybridized carbons (Fsp3) is 0.0714. The summed E-state index contributed by atoms with van der Waals surface area (Å²) in [5, 5.41) is 8.89. The van der Waals surface area contributed by atoms with Crippen molar-refractivity contribution >= 4 is 5.69 Å². The van der Waals surface area contributed by atoms with Gasteiger partial charge in [0.1, 0.15) is 24.2 Å². The van der Waals surface area contributed by atoms with Crippen LogP contribution in [0.4, 0.5) is 10.1 Å². The first kappa shape index (κ1) is 11.9. The molecule has 0 aliphatic rings. The number of nitrogens with zero attached hydrogens (tertiary/aromatic N) is 1. The van der Waals surface area contributed by atoms with Crippen LogP contribution in [-0.2, 0) is 6.61 Å². The number of anilines is 1. The second kappa shape index (κ2) is 5.19. The maximum absolute atomic E-state index is 13.2. The normalized spacial score (nSPS) is 9.78. The highest BCUT2D eigenvalue weighted by Crippen LogP contribution is 2.19. The minimum Gasteiger partial charge on any atom is -0.488 e. The van der Waals surface area contributed by atoms with Crippen molar-refractivity contribution in [3.63, 3.8) is 0 Å². The molecule has 0 atom stereocenters. The van der Waals surface area contributed by atoms with Crippen molar-refractivity contribution in [3.8, 4) is 11.8 Å². The van der Waals surface area contributed by atoms with Crippen LogP contribution in [0.5, 0.6) is 5.75 Å². The summed E-state index contributed by atoms with van der Waals surface area (Å²) in [6.45, 7) is 0.190. The zero-order valence-electron chi connectivity index (χ0n) is 9.56. The van der Waals surface area contributed by atoms with Crippen LogP contribution in [0.25, 0.3) is 0 Å². The summed E-state index contributed by atoms with van der Waals surface area (Å²) >= 11 is 0. The van der Waals surface area contributed by atoms with Crippen LogP contribution in [0.2, 0.25) is 0 Å². The maximum Gasteiger partial charge on any atom is 0.146 e. The fourth-order valence-electron chi connectivity index (χ4n) is 1.51. The number of hydrogen-bond donors (Lipinski definition) is 1. The Kier molecular flexibility index (Phi) is 3.44. The second-order valence-electron chi connectivity index (χ2n) is 3.75. The van der Waals surface area contributed by atoms with Crippen LogP contribution in [0.15, 0.2) is 42.5 Å². The number of ether oxygens (including phenoxy) is 1. The highest BCUT2D eigenvalue weighted by Gasteiger charge is 2.04. The summed E-state index contributed by atoms with van der Waals surface area (Å²) in [5.74, 6) is 0.0156. The standard InChI is InChI=1S/C14H11FN2O/c15-12-7-10(5-6-13(12)17)9-18-14-4-2-1-3-11(14)8-16/h1-7H,9,17H2. The van der Waals surface area contributed by atoms with E-state index < -0.39 is 5.82 Å². The largest absolute Gasteiger partial charge is 0.488 e. The van der Waals surface area contributed by atoms with Crippen LogP contribution in [0.3, 0.4) is 0 Å². The Bertz CT molecular complexity index is 605. The molecule has 0 heterocycles. The van der Waals surface area contributed by atoms with E-state index in [9.17, 15) is 4.39 Å². The lowest BCUT2D eigenvalue weighted by Gasteiger charge is -2.08. The highest BCUT2D eigenvalue weighted by molar-refractivity contribution is 5.43. The van der Waals surface area contributed by atoms with Gasteiger partial charge >= 0.3 is 0 Å². The Labute approximate surface area is 104 Å². The summed E-state index contributed by atoms with van der Waals surface area (Å²) in [5.41, 5.74) is 6.60. The van der Waals surface area contributed by atoms with Crippen LogP contribution >= 0.6 is 0 Å². The van der Waals surface area contributed by atoms with Gasteiger partial charge in [0.2, 0.25) is 0 Å². The number of benzene rings is 2. The summed E-state index contributed by atoms with van der Waals surface area (Å²) in [7, 11) is 0. The Morgan fingerprint density at radius 1 is 1.22 bits per heavy atom. The van der Waals surface area contributed by atoms with Gasteiger partial charge in [0, 0.05) is 0 Å². The van der Waals surface area contributed by atoms with Crippen LogP contribution in [0.1, 0.15) is 11.1 Å². The van der Waals surface area contributed by atoms with Gasteiger partial charge in [-0.1, -0.05) is 18.2 Å². The fourth-order valence-corrected chi connectivity index (χ4v) is 1.51. The first-order valence-corrected chi connectivity index (χ1v) is 5.36. The van der Waals surface area contributed by atoms with Gasteiger partial charge in [0.05, 0.1) is 11.3 Å². The Balaban J connectivity index is 2.12. The third kappa shape index (κ3) is 2.58. The zero-order valence-corrected chi connectivity index (χ0v) is 9.56. The van der Waals surface area contributed by atoms with Crippen LogP contribution in [0, 0.1) is 17.1 Å². The average Bonchev–Trinajstić information content (AvgIpc) is 2.40. The lowest BCUT2D eigenvalue weighted by atomic mass is 10.2. The highest BCUT2D eigenvalue weighted by atomic mass is 19.1. The van der Waals surface area contributed by atoms with Gasteiger partial charge in [-0.2, -0.15) is 5.26 Å². The van der Waals surface area contributed by atoms with Crippen LogP contribution in [-0.4, -0.2) is 0 Å². The van der Waals surface area contributed by atoms with E-state index in [4.69, 9.17) is 15.7 Å². The van der Waals surface area contributed by atoms with Crippen molar-refractivity contribution in [3.05, 3.63) is 59.4 Å². The number of halogens is 1. The molecular weight excluding hydrogens is 231 g/mol. The predicted octanol–water partition coefficient (Wildman–Crippen LogP) is 2.86. The molecule has 0 fully saturated rings. The van der Waals surface area contributed by atoms with E-state index in [1.807, 2.05) is 6.07 Å². The molecule has 0 unspecified atom stereocenters. The lowest BCUT2D eigenvalue weighted by Crippen LogP contribution is -1.99. The molecule has 18 heavy (non-hydrogen) atoms. The molecule has 2 rings (SSSR count). The number of hydrogen-bond acceptors (Lipinski definition) is 3. The summed E-state index contributed by atoms with van der Waals surface area (Å²) in [6, 6.07) is 13.4. The molecular formula is C14H11FN2O. The zero-order chi connectivity index (χ0) is 13.0. The molecule has 0 spiro atoms. The van der Waals surface area contributed by atoms with Gasteiger partial charge in [-0.25, -0.2) is 4.39 Å². The number of nitriles is 1. The number of nitrogen functional groups attached to an aromatic ring is 1. The smallest absolute Gasteiger partial charge is 0.146 e. The lowest BCUT2D eigenvalue weighted by molar-refractivity contribution is 0.304. The topological polar surface area (TPSA) is 59.0 Å². The summed E-state index contributed by atoms with van der Waals surface area (Å²) < 4.78 is 18.7. The predicted molar refractivity (Wildman–Crippen MR) is 66.3 cm³/mol. The van der Waals surface area contributed by atoms with E-state index in [0.717, 1.165) is 0 Å². The Hall–Kier alpha value is -2.54. The molecule has 0 aliphatic carbocycles. The van der Waals surface area contributed by atoms with Crippen molar-refractivity contribution in [1.82, 2.24) is 0 Å². The third-order valence-corrected chi connectivity index (χ3v) is 2.47. The number of para-hydroxylation sites is 1. The van der Waals surface area contributed by atoms with Gasteiger partial charge in [0.25, 0.3) is 0 Å². The van der Waals surface area contributed by atoms with Crippen LogP contribution < -0.4 is 10.5 Å². The SMILES string of the molecule is N#Cc1ccccc1OCc1ccc(N)c(F)c1. The monoisotopic (exact) mass is 242 g/mol. The molecule has 90 valence electrons. The van der Waals surface area contributed by atoms with Gasteiger partial charge in [-0.3, -0.25) is 0 Å². The van der Waals surface area contributed by atoms with Crippen molar-refractivity contribution in [2.75, 3.05) is 5.73 Å². The molecule has 0 radical (unpaired) electrons. The van der Waals surface area contributed by atoms with E-state index in [1.165, 1.54) is 12.1 Å². The minimum atomic E-state index is -0.468. The number of nitrogens with two attached hydrogens (primary N) is 1. The molecule has 0 aromatic heterocycles. The van der Waals surface area contributed by atoms with E-state index >= 15 is 0 Å². The molecule has 0 amide bonds. The summed E-state index contributed by atoms with van der Waals surface area (Å²) in [4.78, 5) is 0. The quantitative estimate of drug-likeness (QED) is 0.842. The molecule has 2 aromatic rings. The molecule has 4 heteroatoms. The molecule has 0 saturated heterocycles. The second-order valence-corrected chi connectivity index (χ2v) is 3.75. The summed E-state index contributed by atoms with van der Waals surface area (Å²) in [6.07, 6.45) is 0. The van der Waals surface area contributed by atoms with E-state index in [2.05, 4.69) is 0 Å². The van der Waals surface area contributed by atoms with Gasteiger partial charge in [-0.15, -0.1) is 0 Å². The molecule has 0 aliphatic heterocycles. The van der Waals surface area contributed by atoms with E-state index in [-0.39, 0.29) is 12.3 Å². The van der Waals surface area contributed by atoms with Gasteiger partial charge in [-0.05, 0) is 29.8 Å². The van der Waals surface area contributed by atoms with Crippen molar-refractivity contribution in [2.24, 2.45) is 0 Å². The maximum atomic E-state index is 13.2. The van der Waals surface area contributed by atoms with Crippen molar-refractivity contribution in [2.45, 2.75) is 6.61 Å². The average molecular weight is 242 g/mol. The molecule has 2 aromatic carbocycles. The van der Waals surface area contributed by atoms with Crippen molar-refractivity contribution < 1.29 is 9.13 Å². The van der Waals surface area contributed by atoms with E-state index in [0.29, 0.717) is 16.9 Å². The molecule has 0 bridgehead atoms. The first-order chi connectivity index (χ1) is 8.70. The molecule has 0 saturated carbocycles. The Morgan fingerprint density at radius 2 is 2.00 bits per heavy atom. The number of rotatable bonds is 3. The first-order valence-electron chi connectivity index (χ1n) is 5.36. The van der Waals surface area contributed by atoms with Crippen molar-refractivity contribution in [1.29, 1.82) is 5.26 Å². The van der Waals surface area contributed by atoms with E-state index in [1.54, 1.807) is 30.3 Å². The Morgan fingerprint density at radius 3 is 2.72 bits per heavy atom. The molecule has 2 N–H and O–H groups in total. The van der Waals surface area contributed by atoms with Gasteiger partial charge in [0.15, 0.2) is 0 Å². The minimum absolute atomic E-state index is 0.108.